The molecule has 0 heterocycles. The molecule has 0 radical (unpaired) electrons. The summed E-state index contributed by atoms with van der Waals surface area (Å²) in [4.78, 5) is 14.0. The van der Waals surface area contributed by atoms with Crippen molar-refractivity contribution in [3.8, 4) is 0 Å². The van der Waals surface area contributed by atoms with Crippen LogP contribution in [0, 0.1) is 6.92 Å². The van der Waals surface area contributed by atoms with Gasteiger partial charge in [0.25, 0.3) is 0 Å². The van der Waals surface area contributed by atoms with E-state index in [0.717, 1.165) is 5.56 Å². The molecule has 0 saturated heterocycles. The summed E-state index contributed by atoms with van der Waals surface area (Å²) in [5.41, 5.74) is 9.63. The zero-order valence-corrected chi connectivity index (χ0v) is 13.3. The molecule has 22 heavy (non-hydrogen) atoms. The monoisotopic (exact) mass is 296 g/mol. The molecule has 0 aliphatic rings. The van der Waals surface area contributed by atoms with E-state index in [0.29, 0.717) is 19.4 Å². The fourth-order valence-electron chi connectivity index (χ4n) is 2.47. The van der Waals surface area contributed by atoms with Crippen LogP contribution in [0.25, 0.3) is 0 Å². The number of hydrogen-bond acceptors (Lipinski definition) is 2. The molecule has 0 aliphatic carbocycles. The van der Waals surface area contributed by atoms with E-state index in [4.69, 9.17) is 5.73 Å². The van der Waals surface area contributed by atoms with Crippen molar-refractivity contribution in [2.75, 3.05) is 7.05 Å². The summed E-state index contributed by atoms with van der Waals surface area (Å²) in [6.45, 7) is 2.71. The van der Waals surface area contributed by atoms with Gasteiger partial charge in [0.1, 0.15) is 0 Å². The fraction of sp³-hybridized carbons (Fsp3) is 0.316. The van der Waals surface area contributed by atoms with E-state index >= 15 is 0 Å². The lowest BCUT2D eigenvalue weighted by Gasteiger charge is -2.20. The summed E-state index contributed by atoms with van der Waals surface area (Å²) in [5.74, 6) is 0.134. The van der Waals surface area contributed by atoms with E-state index in [9.17, 15) is 4.79 Å². The number of aryl methyl sites for hydroxylation is 1. The van der Waals surface area contributed by atoms with Crippen LogP contribution in [0.15, 0.2) is 54.6 Å². The van der Waals surface area contributed by atoms with Gasteiger partial charge in [-0.3, -0.25) is 4.79 Å². The Balaban J connectivity index is 1.85. The van der Waals surface area contributed by atoms with Crippen LogP contribution in [0.5, 0.6) is 0 Å². The average molecular weight is 296 g/mol. The third kappa shape index (κ3) is 4.43. The van der Waals surface area contributed by atoms with Crippen molar-refractivity contribution in [1.29, 1.82) is 0 Å². The molecule has 0 spiro atoms. The van der Waals surface area contributed by atoms with Crippen molar-refractivity contribution in [3.05, 3.63) is 71.3 Å². The van der Waals surface area contributed by atoms with E-state index in [2.05, 4.69) is 19.1 Å². The molecule has 0 fully saturated rings. The van der Waals surface area contributed by atoms with Gasteiger partial charge in [0.15, 0.2) is 0 Å². The fourth-order valence-corrected chi connectivity index (χ4v) is 2.47. The van der Waals surface area contributed by atoms with Crippen LogP contribution in [0.3, 0.4) is 0 Å². The lowest BCUT2D eigenvalue weighted by atomic mass is 10.0. The highest BCUT2D eigenvalue weighted by molar-refractivity contribution is 5.76. The number of amides is 1. The molecule has 3 heteroatoms. The van der Waals surface area contributed by atoms with Crippen LogP contribution >= 0.6 is 0 Å². The maximum atomic E-state index is 12.3. The van der Waals surface area contributed by atoms with Crippen molar-refractivity contribution >= 4 is 5.91 Å². The second kappa shape index (κ2) is 7.76. The molecule has 0 aromatic heterocycles. The molecule has 2 rings (SSSR count). The summed E-state index contributed by atoms with van der Waals surface area (Å²) in [5, 5.41) is 0. The standard InChI is InChI=1S/C19H24N2O/c1-15-8-6-7-11-17(15)14-21(2)19(22)13-12-18(20)16-9-4-3-5-10-16/h3-11,18H,12-14,20H2,1-2H3/t18-/m0/s1. The smallest absolute Gasteiger partial charge is 0.222 e. The van der Waals surface area contributed by atoms with Gasteiger partial charge in [-0.05, 0) is 30.0 Å². The third-order valence-corrected chi connectivity index (χ3v) is 3.99. The van der Waals surface area contributed by atoms with Crippen molar-refractivity contribution in [2.24, 2.45) is 5.73 Å². The second-order valence-electron chi connectivity index (χ2n) is 5.73. The summed E-state index contributed by atoms with van der Waals surface area (Å²) in [6.07, 6.45) is 1.14. The van der Waals surface area contributed by atoms with Gasteiger partial charge in [-0.25, -0.2) is 0 Å². The highest BCUT2D eigenvalue weighted by atomic mass is 16.2. The number of nitrogens with two attached hydrogens (primary N) is 1. The van der Waals surface area contributed by atoms with Gasteiger partial charge in [-0.15, -0.1) is 0 Å². The van der Waals surface area contributed by atoms with Gasteiger partial charge < -0.3 is 10.6 Å². The molecule has 116 valence electrons. The number of benzene rings is 2. The molecular weight excluding hydrogens is 272 g/mol. The molecule has 0 aliphatic heterocycles. The number of rotatable bonds is 6. The maximum Gasteiger partial charge on any atom is 0.222 e. The number of hydrogen-bond donors (Lipinski definition) is 1. The molecular formula is C19H24N2O. The first-order valence-electron chi connectivity index (χ1n) is 7.67. The van der Waals surface area contributed by atoms with Gasteiger partial charge in [-0.2, -0.15) is 0 Å². The van der Waals surface area contributed by atoms with Crippen molar-refractivity contribution in [1.82, 2.24) is 4.90 Å². The lowest BCUT2D eigenvalue weighted by Crippen LogP contribution is -2.27. The lowest BCUT2D eigenvalue weighted by molar-refractivity contribution is -0.130. The topological polar surface area (TPSA) is 46.3 Å². The van der Waals surface area contributed by atoms with Crippen molar-refractivity contribution in [3.63, 3.8) is 0 Å². The van der Waals surface area contributed by atoms with E-state index in [-0.39, 0.29) is 11.9 Å². The Kier molecular flexibility index (Phi) is 5.73. The van der Waals surface area contributed by atoms with Gasteiger partial charge >= 0.3 is 0 Å². The molecule has 0 bridgehead atoms. The quantitative estimate of drug-likeness (QED) is 0.887. The van der Waals surface area contributed by atoms with Crippen LogP contribution in [0.4, 0.5) is 0 Å². The minimum Gasteiger partial charge on any atom is -0.341 e. The van der Waals surface area contributed by atoms with Crippen LogP contribution < -0.4 is 5.73 Å². The molecule has 2 N–H and O–H groups in total. The van der Waals surface area contributed by atoms with Crippen LogP contribution in [-0.2, 0) is 11.3 Å². The Labute approximate surface area is 132 Å². The molecule has 3 nitrogen and oxygen atoms in total. The zero-order valence-electron chi connectivity index (χ0n) is 13.3. The largest absolute Gasteiger partial charge is 0.341 e. The minimum atomic E-state index is -0.0861. The predicted molar refractivity (Wildman–Crippen MR) is 90.3 cm³/mol. The molecule has 1 atom stereocenters. The first kappa shape index (κ1) is 16.2. The van der Waals surface area contributed by atoms with Crippen molar-refractivity contribution < 1.29 is 4.79 Å². The Hall–Kier alpha value is -2.13. The SMILES string of the molecule is Cc1ccccc1CN(C)C(=O)CC[C@H](N)c1ccccc1. The number of carbonyl (C=O) groups is 1. The van der Waals surface area contributed by atoms with E-state index in [1.807, 2.05) is 49.5 Å². The number of nitrogens with zero attached hydrogens (tertiary/aromatic N) is 1. The molecule has 0 saturated carbocycles. The minimum absolute atomic E-state index is 0.0861. The van der Waals surface area contributed by atoms with Crippen LogP contribution in [-0.4, -0.2) is 17.9 Å². The highest BCUT2D eigenvalue weighted by Gasteiger charge is 2.13. The summed E-state index contributed by atoms with van der Waals surface area (Å²) in [6, 6.07) is 18.0. The van der Waals surface area contributed by atoms with E-state index in [1.54, 1.807) is 4.90 Å². The molecule has 0 unspecified atom stereocenters. The van der Waals surface area contributed by atoms with Gasteiger partial charge in [-0.1, -0.05) is 54.6 Å². The average Bonchev–Trinajstić information content (AvgIpc) is 2.55. The van der Waals surface area contributed by atoms with E-state index < -0.39 is 0 Å². The molecule has 1 amide bonds. The second-order valence-corrected chi connectivity index (χ2v) is 5.73. The maximum absolute atomic E-state index is 12.3. The van der Waals surface area contributed by atoms with Gasteiger partial charge in [0.2, 0.25) is 5.91 Å². The Morgan fingerprint density at radius 2 is 1.73 bits per heavy atom. The summed E-state index contributed by atoms with van der Waals surface area (Å²) < 4.78 is 0. The van der Waals surface area contributed by atoms with Gasteiger partial charge in [0, 0.05) is 26.1 Å². The molecule has 2 aromatic rings. The Bertz CT molecular complexity index is 610. The van der Waals surface area contributed by atoms with E-state index in [1.165, 1.54) is 11.1 Å². The number of carbonyl (C=O) groups excluding carboxylic acids is 1. The summed E-state index contributed by atoms with van der Waals surface area (Å²) in [7, 11) is 1.85. The third-order valence-electron chi connectivity index (χ3n) is 3.99. The highest BCUT2D eigenvalue weighted by Crippen LogP contribution is 2.16. The zero-order chi connectivity index (χ0) is 15.9. The predicted octanol–water partition coefficient (Wildman–Crippen LogP) is 3.43. The van der Waals surface area contributed by atoms with Crippen LogP contribution in [0.1, 0.15) is 35.6 Å². The van der Waals surface area contributed by atoms with Crippen molar-refractivity contribution in [2.45, 2.75) is 32.4 Å². The molecule has 2 aromatic carbocycles. The summed E-state index contributed by atoms with van der Waals surface area (Å²) >= 11 is 0. The first-order chi connectivity index (χ1) is 10.6. The normalized spacial score (nSPS) is 12.0. The van der Waals surface area contributed by atoms with Gasteiger partial charge in [0.05, 0.1) is 0 Å². The first-order valence-corrected chi connectivity index (χ1v) is 7.67. The van der Waals surface area contributed by atoms with Crippen LogP contribution in [0.2, 0.25) is 0 Å². The Morgan fingerprint density at radius 1 is 1.09 bits per heavy atom. The Morgan fingerprint density at radius 3 is 2.41 bits per heavy atom.